The highest BCUT2D eigenvalue weighted by molar-refractivity contribution is 5.73. The smallest absolute Gasteiger partial charge is 0.320 e. The Bertz CT molecular complexity index is 269. The van der Waals surface area contributed by atoms with Gasteiger partial charge < -0.3 is 20.8 Å². The molecular weight excluding hydrogens is 272 g/mol. The van der Waals surface area contributed by atoms with Crippen molar-refractivity contribution < 1.29 is 19.8 Å². The Balaban J connectivity index is 3.63. The molecule has 124 valence electrons. The van der Waals surface area contributed by atoms with Crippen LogP contribution in [0.15, 0.2) is 0 Å². The Morgan fingerprint density at radius 2 is 1.19 bits per heavy atom. The van der Waals surface area contributed by atoms with E-state index < -0.39 is 24.0 Å². The molecule has 0 aromatic carbocycles. The molecule has 0 aromatic rings. The first-order valence-electron chi connectivity index (χ1n) is 7.95. The van der Waals surface area contributed by atoms with Gasteiger partial charge in [0.25, 0.3) is 0 Å². The Labute approximate surface area is 127 Å². The molecule has 0 aliphatic carbocycles. The molecule has 2 atom stereocenters. The molecule has 0 fully saturated rings. The molecule has 6 heteroatoms. The third-order valence-electron chi connectivity index (χ3n) is 3.39. The van der Waals surface area contributed by atoms with Gasteiger partial charge in [0.1, 0.15) is 12.1 Å². The van der Waals surface area contributed by atoms with E-state index in [0.29, 0.717) is 25.9 Å². The molecule has 0 aromatic heterocycles. The fourth-order valence-electron chi connectivity index (χ4n) is 2.18. The van der Waals surface area contributed by atoms with Gasteiger partial charge in [0.2, 0.25) is 0 Å². The van der Waals surface area contributed by atoms with Gasteiger partial charge >= 0.3 is 11.9 Å². The molecule has 0 heterocycles. The van der Waals surface area contributed by atoms with Crippen LogP contribution in [0.5, 0.6) is 0 Å². The summed E-state index contributed by atoms with van der Waals surface area (Å²) in [4.78, 5) is 21.9. The van der Waals surface area contributed by atoms with Crippen LogP contribution in [0.4, 0.5) is 0 Å². The van der Waals surface area contributed by atoms with Gasteiger partial charge in [0, 0.05) is 0 Å². The molecule has 21 heavy (non-hydrogen) atoms. The second kappa shape index (κ2) is 12.6. The van der Waals surface area contributed by atoms with E-state index in [4.69, 9.17) is 10.2 Å². The summed E-state index contributed by atoms with van der Waals surface area (Å²) in [7, 11) is 0. The van der Waals surface area contributed by atoms with Crippen LogP contribution < -0.4 is 10.6 Å². The Morgan fingerprint density at radius 1 is 0.810 bits per heavy atom. The maximum atomic E-state index is 10.9. The van der Waals surface area contributed by atoms with E-state index in [9.17, 15) is 9.59 Å². The van der Waals surface area contributed by atoms with Gasteiger partial charge in [-0.25, -0.2) is 0 Å². The first kappa shape index (κ1) is 19.9. The number of hydrogen-bond donors (Lipinski definition) is 4. The summed E-state index contributed by atoms with van der Waals surface area (Å²) in [5.74, 6) is -1.58. The van der Waals surface area contributed by atoms with E-state index in [1.165, 1.54) is 0 Å². The number of unbranched alkanes of at least 4 members (excludes halogenated alkanes) is 2. The predicted molar refractivity (Wildman–Crippen MR) is 82.5 cm³/mol. The third-order valence-corrected chi connectivity index (χ3v) is 3.39. The van der Waals surface area contributed by atoms with Crippen molar-refractivity contribution in [1.29, 1.82) is 0 Å². The lowest BCUT2D eigenvalue weighted by Gasteiger charge is -2.14. The molecule has 0 rings (SSSR count). The molecule has 6 nitrogen and oxygen atoms in total. The number of carboxylic acid groups (broad SMARTS) is 2. The van der Waals surface area contributed by atoms with Gasteiger partial charge in [-0.15, -0.1) is 0 Å². The highest BCUT2D eigenvalue weighted by Crippen LogP contribution is 2.00. The van der Waals surface area contributed by atoms with Gasteiger partial charge in [-0.1, -0.05) is 33.1 Å². The van der Waals surface area contributed by atoms with Crippen molar-refractivity contribution >= 4 is 11.9 Å². The molecule has 0 aliphatic rings. The number of aliphatic carboxylic acids is 2. The zero-order chi connectivity index (χ0) is 16.1. The molecule has 0 saturated heterocycles. The molecule has 0 spiro atoms. The van der Waals surface area contributed by atoms with Crippen LogP contribution in [0.1, 0.15) is 58.8 Å². The maximum Gasteiger partial charge on any atom is 0.320 e. The average Bonchev–Trinajstić information content (AvgIpc) is 2.43. The van der Waals surface area contributed by atoms with Crippen molar-refractivity contribution in [3.63, 3.8) is 0 Å². The van der Waals surface area contributed by atoms with Gasteiger partial charge in [0.05, 0.1) is 0 Å². The summed E-state index contributed by atoms with van der Waals surface area (Å²) in [5, 5.41) is 24.0. The minimum atomic E-state index is -0.789. The third kappa shape index (κ3) is 10.3. The molecule has 0 bridgehead atoms. The van der Waals surface area contributed by atoms with Crippen molar-refractivity contribution in [1.82, 2.24) is 10.6 Å². The highest BCUT2D eigenvalue weighted by atomic mass is 16.4. The lowest BCUT2D eigenvalue weighted by atomic mass is 10.1. The fraction of sp³-hybridized carbons (Fsp3) is 0.867. The number of hydrogen-bond acceptors (Lipinski definition) is 4. The quantitative estimate of drug-likeness (QED) is 0.365. The molecule has 0 saturated carbocycles. The van der Waals surface area contributed by atoms with E-state index >= 15 is 0 Å². The van der Waals surface area contributed by atoms with E-state index in [1.807, 2.05) is 13.8 Å². The normalized spacial score (nSPS) is 13.8. The second-order valence-electron chi connectivity index (χ2n) is 5.33. The number of carbonyl (C=O) groups is 2. The summed E-state index contributed by atoms with van der Waals surface area (Å²) in [6, 6.07) is -0.900. The molecular formula is C15H30N2O4. The summed E-state index contributed by atoms with van der Waals surface area (Å²) in [5.41, 5.74) is 0. The summed E-state index contributed by atoms with van der Waals surface area (Å²) in [6.07, 6.45) is 5.75. The first-order chi connectivity index (χ1) is 10.0. The zero-order valence-corrected chi connectivity index (χ0v) is 13.2. The molecule has 4 N–H and O–H groups in total. The Hall–Kier alpha value is -1.14. The molecule has 0 radical (unpaired) electrons. The second-order valence-corrected chi connectivity index (χ2v) is 5.33. The first-order valence-corrected chi connectivity index (χ1v) is 7.95. The Morgan fingerprint density at radius 3 is 1.48 bits per heavy atom. The predicted octanol–water partition coefficient (Wildman–Crippen LogP) is 1.84. The van der Waals surface area contributed by atoms with E-state index in [1.54, 1.807) is 0 Å². The SMILES string of the molecule is CCCC(NCCCCCNC(CCC)C(=O)O)C(=O)O. The Kier molecular flexibility index (Phi) is 11.9. The lowest BCUT2D eigenvalue weighted by Crippen LogP contribution is -2.37. The van der Waals surface area contributed by atoms with Crippen molar-refractivity contribution in [2.24, 2.45) is 0 Å². The van der Waals surface area contributed by atoms with Crippen molar-refractivity contribution in [3.05, 3.63) is 0 Å². The van der Waals surface area contributed by atoms with Crippen molar-refractivity contribution in [2.45, 2.75) is 70.9 Å². The van der Waals surface area contributed by atoms with Gasteiger partial charge in [0.15, 0.2) is 0 Å². The molecule has 0 aliphatic heterocycles. The minimum Gasteiger partial charge on any atom is -0.480 e. The summed E-state index contributed by atoms with van der Waals surface area (Å²) >= 11 is 0. The lowest BCUT2D eigenvalue weighted by molar-refractivity contribution is -0.140. The van der Waals surface area contributed by atoms with Crippen molar-refractivity contribution in [3.8, 4) is 0 Å². The van der Waals surface area contributed by atoms with Gasteiger partial charge in [-0.3, -0.25) is 9.59 Å². The molecule has 0 amide bonds. The average molecular weight is 302 g/mol. The summed E-state index contributed by atoms with van der Waals surface area (Å²) in [6.45, 7) is 5.32. The monoisotopic (exact) mass is 302 g/mol. The summed E-state index contributed by atoms with van der Waals surface area (Å²) < 4.78 is 0. The van der Waals surface area contributed by atoms with Crippen molar-refractivity contribution in [2.75, 3.05) is 13.1 Å². The van der Waals surface area contributed by atoms with Crippen LogP contribution in [0, 0.1) is 0 Å². The molecule has 2 unspecified atom stereocenters. The van der Waals surface area contributed by atoms with Crippen LogP contribution in [0.25, 0.3) is 0 Å². The van der Waals surface area contributed by atoms with Crippen LogP contribution in [0.2, 0.25) is 0 Å². The van der Waals surface area contributed by atoms with Crippen LogP contribution in [-0.2, 0) is 9.59 Å². The van der Waals surface area contributed by atoms with Crippen LogP contribution in [-0.4, -0.2) is 47.3 Å². The maximum absolute atomic E-state index is 10.9. The largest absolute Gasteiger partial charge is 0.480 e. The van der Waals surface area contributed by atoms with E-state index in [0.717, 1.165) is 32.1 Å². The topological polar surface area (TPSA) is 98.7 Å². The highest BCUT2D eigenvalue weighted by Gasteiger charge is 2.15. The van der Waals surface area contributed by atoms with E-state index in [2.05, 4.69) is 10.6 Å². The van der Waals surface area contributed by atoms with Crippen LogP contribution >= 0.6 is 0 Å². The van der Waals surface area contributed by atoms with Crippen LogP contribution in [0.3, 0.4) is 0 Å². The van der Waals surface area contributed by atoms with Gasteiger partial charge in [-0.05, 0) is 38.8 Å². The zero-order valence-electron chi connectivity index (χ0n) is 13.2. The number of carboxylic acids is 2. The van der Waals surface area contributed by atoms with Gasteiger partial charge in [-0.2, -0.15) is 0 Å². The standard InChI is InChI=1S/C15H30N2O4/c1-3-8-12(14(18)19)16-10-6-5-7-11-17-13(9-4-2)15(20)21/h12-13,16-17H,3-11H2,1-2H3,(H,18,19)(H,20,21). The fourth-order valence-corrected chi connectivity index (χ4v) is 2.18. The number of nitrogens with one attached hydrogen (secondary N) is 2. The number of rotatable bonds is 14. The van der Waals surface area contributed by atoms with E-state index in [-0.39, 0.29) is 0 Å². The minimum absolute atomic E-state index is 0.450.